The average Bonchev–Trinajstić information content (AvgIpc) is 2.86. The molecule has 1 aliphatic heterocycles. The van der Waals surface area contributed by atoms with Crippen molar-refractivity contribution in [2.75, 3.05) is 13.2 Å². The molecule has 2 heterocycles. The van der Waals surface area contributed by atoms with Crippen LogP contribution in [0.25, 0.3) is 0 Å². The van der Waals surface area contributed by atoms with Crippen molar-refractivity contribution in [3.05, 3.63) is 17.5 Å². The van der Waals surface area contributed by atoms with Gasteiger partial charge in [-0.2, -0.15) is 5.10 Å². The van der Waals surface area contributed by atoms with Crippen LogP contribution in [-0.4, -0.2) is 34.9 Å². The second kappa shape index (κ2) is 4.94. The number of rotatable bonds is 3. The molecular weight excluding hydrogens is 244 g/mol. The molecule has 0 radical (unpaired) electrons. The Hall–Kier alpha value is -1.40. The predicted molar refractivity (Wildman–Crippen MR) is 71.4 cm³/mol. The predicted octanol–water partition coefficient (Wildman–Crippen LogP) is 0.270. The number of hydrogen-bond acceptors (Lipinski definition) is 4. The fraction of sp³-hybridized carbons (Fsp3) is 0.692. The molecule has 1 aromatic rings. The summed E-state index contributed by atoms with van der Waals surface area (Å²) in [6.07, 6.45) is 1.79. The molecule has 3 atom stereocenters. The summed E-state index contributed by atoms with van der Waals surface area (Å²) < 4.78 is 7.10. The van der Waals surface area contributed by atoms with Crippen molar-refractivity contribution in [3.63, 3.8) is 0 Å². The molecule has 0 aromatic carbocycles. The van der Waals surface area contributed by atoms with Gasteiger partial charge in [-0.25, -0.2) is 0 Å². The van der Waals surface area contributed by atoms with Crippen molar-refractivity contribution in [2.24, 2.45) is 18.2 Å². The van der Waals surface area contributed by atoms with Crippen molar-refractivity contribution in [1.29, 1.82) is 0 Å². The second-order valence-corrected chi connectivity index (χ2v) is 5.54. The summed E-state index contributed by atoms with van der Waals surface area (Å²) in [7, 11) is 1.88. The maximum atomic E-state index is 12.4. The van der Waals surface area contributed by atoms with Crippen LogP contribution < -0.4 is 11.1 Å². The largest absolute Gasteiger partial charge is 0.379 e. The van der Waals surface area contributed by atoms with Gasteiger partial charge in [0.25, 0.3) is 0 Å². The molecule has 1 aliphatic rings. The first-order valence-corrected chi connectivity index (χ1v) is 6.49. The van der Waals surface area contributed by atoms with E-state index in [4.69, 9.17) is 10.5 Å². The van der Waals surface area contributed by atoms with Gasteiger partial charge in [-0.1, -0.05) is 0 Å². The van der Waals surface area contributed by atoms with E-state index in [2.05, 4.69) is 10.4 Å². The molecule has 1 amide bonds. The molecule has 106 valence electrons. The minimum Gasteiger partial charge on any atom is -0.379 e. The Bertz CT molecular complexity index is 485. The molecule has 1 saturated heterocycles. The smallest absolute Gasteiger partial charge is 0.230 e. The molecule has 6 heteroatoms. The number of carbonyl (C=O) groups excluding carboxylic acids is 1. The zero-order chi connectivity index (χ0) is 14.2. The van der Waals surface area contributed by atoms with Gasteiger partial charge in [0.2, 0.25) is 5.91 Å². The quantitative estimate of drug-likeness (QED) is 0.822. The van der Waals surface area contributed by atoms with Crippen LogP contribution in [0, 0.1) is 12.3 Å². The number of hydrogen-bond donors (Lipinski definition) is 2. The third-order valence-electron chi connectivity index (χ3n) is 4.12. The van der Waals surface area contributed by atoms with Gasteiger partial charge in [0, 0.05) is 24.3 Å². The van der Waals surface area contributed by atoms with Crippen LogP contribution in [0.2, 0.25) is 0 Å². The van der Waals surface area contributed by atoms with Gasteiger partial charge < -0.3 is 15.8 Å². The Morgan fingerprint density at radius 1 is 1.74 bits per heavy atom. The highest BCUT2D eigenvalue weighted by Crippen LogP contribution is 2.28. The molecule has 19 heavy (non-hydrogen) atoms. The lowest BCUT2D eigenvalue weighted by molar-refractivity contribution is -0.131. The molecular formula is C13H22N4O2. The zero-order valence-corrected chi connectivity index (χ0v) is 11.9. The van der Waals surface area contributed by atoms with E-state index in [9.17, 15) is 4.79 Å². The van der Waals surface area contributed by atoms with Crippen molar-refractivity contribution in [2.45, 2.75) is 32.9 Å². The average molecular weight is 266 g/mol. The minimum absolute atomic E-state index is 0.0618. The number of aryl methyl sites for hydroxylation is 1. The lowest BCUT2D eigenvalue weighted by Crippen LogP contribution is -2.50. The molecule has 0 bridgehead atoms. The highest BCUT2D eigenvalue weighted by Gasteiger charge is 2.44. The topological polar surface area (TPSA) is 82.2 Å². The van der Waals surface area contributed by atoms with Crippen molar-refractivity contribution >= 4 is 5.91 Å². The number of amides is 1. The highest BCUT2D eigenvalue weighted by atomic mass is 16.5. The summed E-state index contributed by atoms with van der Waals surface area (Å²) in [5.41, 5.74) is 7.38. The lowest BCUT2D eigenvalue weighted by atomic mass is 9.84. The van der Waals surface area contributed by atoms with Crippen molar-refractivity contribution in [3.8, 4) is 0 Å². The number of nitrogens with one attached hydrogen (secondary N) is 1. The van der Waals surface area contributed by atoms with Crippen molar-refractivity contribution < 1.29 is 9.53 Å². The molecule has 2 rings (SSSR count). The highest BCUT2D eigenvalue weighted by molar-refractivity contribution is 5.84. The Kier molecular flexibility index (Phi) is 3.64. The number of carbonyl (C=O) groups is 1. The van der Waals surface area contributed by atoms with Gasteiger partial charge in [-0.15, -0.1) is 0 Å². The van der Waals surface area contributed by atoms with Gasteiger partial charge in [-0.3, -0.25) is 9.48 Å². The maximum Gasteiger partial charge on any atom is 0.230 e. The van der Waals surface area contributed by atoms with Crippen LogP contribution in [0.3, 0.4) is 0 Å². The molecule has 0 spiro atoms. The summed E-state index contributed by atoms with van der Waals surface area (Å²) >= 11 is 0. The Labute approximate surface area is 113 Å². The van der Waals surface area contributed by atoms with Crippen LogP contribution in [0.1, 0.15) is 31.1 Å². The van der Waals surface area contributed by atoms with Crippen LogP contribution >= 0.6 is 0 Å². The van der Waals surface area contributed by atoms with E-state index in [1.165, 1.54) is 0 Å². The minimum atomic E-state index is -0.648. The van der Waals surface area contributed by atoms with Gasteiger partial charge in [0.1, 0.15) is 0 Å². The van der Waals surface area contributed by atoms with Crippen LogP contribution in [0.4, 0.5) is 0 Å². The number of aromatic nitrogens is 2. The first-order valence-electron chi connectivity index (χ1n) is 6.49. The summed E-state index contributed by atoms with van der Waals surface area (Å²) in [5, 5.41) is 7.20. The molecule has 3 unspecified atom stereocenters. The second-order valence-electron chi connectivity index (χ2n) is 5.54. The van der Waals surface area contributed by atoms with Crippen LogP contribution in [0.15, 0.2) is 6.20 Å². The number of ether oxygens (including phenoxy) is 1. The Morgan fingerprint density at radius 2 is 2.42 bits per heavy atom. The van der Waals surface area contributed by atoms with Gasteiger partial charge in [0.15, 0.2) is 0 Å². The summed E-state index contributed by atoms with van der Waals surface area (Å²) in [6, 6.07) is -0.347. The van der Waals surface area contributed by atoms with E-state index in [1.807, 2.05) is 27.8 Å². The van der Waals surface area contributed by atoms with Crippen LogP contribution in [0.5, 0.6) is 0 Å². The number of nitrogens with zero attached hydrogens (tertiary/aromatic N) is 2. The van der Waals surface area contributed by atoms with E-state index in [0.29, 0.717) is 13.2 Å². The van der Waals surface area contributed by atoms with Gasteiger partial charge in [0.05, 0.1) is 30.9 Å². The Balaban J connectivity index is 2.09. The SMILES string of the molecule is Cc1c(C(C)NC(=O)C2(C)COCC2N)cnn1C. The first-order chi connectivity index (χ1) is 8.86. The maximum absolute atomic E-state index is 12.4. The first kappa shape index (κ1) is 14.0. The van der Waals surface area contributed by atoms with Crippen molar-refractivity contribution in [1.82, 2.24) is 15.1 Å². The summed E-state index contributed by atoms with van der Waals surface area (Å²) in [5.74, 6) is -0.0618. The lowest BCUT2D eigenvalue weighted by Gasteiger charge is -2.27. The number of nitrogens with two attached hydrogens (primary N) is 1. The molecule has 1 fully saturated rings. The molecule has 6 nitrogen and oxygen atoms in total. The molecule has 0 aliphatic carbocycles. The van der Waals surface area contributed by atoms with Crippen LogP contribution in [-0.2, 0) is 16.6 Å². The third kappa shape index (κ3) is 2.37. The fourth-order valence-corrected chi connectivity index (χ4v) is 2.30. The molecule has 1 aromatic heterocycles. The Morgan fingerprint density at radius 3 is 2.89 bits per heavy atom. The standard InChI is InChI=1S/C13H22N4O2/c1-8(10-5-15-17(4)9(10)2)16-12(18)13(3)7-19-6-11(13)14/h5,8,11H,6-7,14H2,1-4H3,(H,16,18). The van der Waals surface area contributed by atoms with Gasteiger partial charge >= 0.3 is 0 Å². The molecule has 0 saturated carbocycles. The fourth-order valence-electron chi connectivity index (χ4n) is 2.30. The van der Waals surface area contributed by atoms with E-state index in [1.54, 1.807) is 10.9 Å². The van der Waals surface area contributed by atoms with Gasteiger partial charge in [-0.05, 0) is 20.8 Å². The van der Waals surface area contributed by atoms with E-state index in [0.717, 1.165) is 11.3 Å². The van der Waals surface area contributed by atoms with E-state index < -0.39 is 5.41 Å². The summed E-state index contributed by atoms with van der Waals surface area (Å²) in [6.45, 7) is 6.59. The third-order valence-corrected chi connectivity index (χ3v) is 4.12. The molecule has 3 N–H and O–H groups in total. The monoisotopic (exact) mass is 266 g/mol. The normalized spacial score (nSPS) is 28.4. The summed E-state index contributed by atoms with van der Waals surface area (Å²) in [4.78, 5) is 12.4. The zero-order valence-electron chi connectivity index (χ0n) is 11.9. The van der Waals surface area contributed by atoms with E-state index >= 15 is 0 Å². The van der Waals surface area contributed by atoms with E-state index in [-0.39, 0.29) is 18.0 Å².